The number of benzene rings is 1. The van der Waals surface area contributed by atoms with Crippen LogP contribution < -0.4 is 16.0 Å². The molecule has 1 heterocycles. The molecule has 0 saturated carbocycles. The summed E-state index contributed by atoms with van der Waals surface area (Å²) < 4.78 is 5.47. The highest BCUT2D eigenvalue weighted by Crippen LogP contribution is 2.36. The van der Waals surface area contributed by atoms with E-state index in [1.54, 1.807) is 18.2 Å². The Labute approximate surface area is 118 Å². The second-order valence-corrected chi connectivity index (χ2v) is 4.34. The van der Waals surface area contributed by atoms with Crippen LogP contribution in [-0.4, -0.2) is 9.97 Å². The van der Waals surface area contributed by atoms with Gasteiger partial charge in [0, 0.05) is 0 Å². The van der Waals surface area contributed by atoms with Gasteiger partial charge in [0.05, 0.1) is 11.2 Å². The molecular weight excluding hydrogens is 298 g/mol. The first kappa shape index (κ1) is 13.2. The van der Waals surface area contributed by atoms with E-state index in [0.29, 0.717) is 10.8 Å². The number of hydrogen-bond donors (Lipinski definition) is 2. The van der Waals surface area contributed by atoms with Gasteiger partial charge in [-0.05, 0) is 12.1 Å². The molecule has 0 aliphatic heterocycles. The van der Waals surface area contributed by atoms with Crippen LogP contribution in [0.4, 0.5) is 5.95 Å². The van der Waals surface area contributed by atoms with E-state index in [9.17, 15) is 0 Å². The molecule has 0 unspecified atom stereocenters. The van der Waals surface area contributed by atoms with E-state index in [1.165, 1.54) is 6.20 Å². The number of nitrogen functional groups attached to an aromatic ring is 1. The summed E-state index contributed by atoms with van der Waals surface area (Å²) in [5.74, 6) is 5.84. The van der Waals surface area contributed by atoms with Crippen molar-refractivity contribution in [2.24, 2.45) is 5.84 Å². The van der Waals surface area contributed by atoms with Crippen molar-refractivity contribution < 1.29 is 4.74 Å². The van der Waals surface area contributed by atoms with Gasteiger partial charge in [0.15, 0.2) is 0 Å². The molecule has 0 saturated heterocycles. The zero-order valence-electron chi connectivity index (χ0n) is 8.82. The molecule has 0 bridgehead atoms. The highest BCUT2D eigenvalue weighted by molar-refractivity contribution is 6.43. The van der Waals surface area contributed by atoms with E-state index in [4.69, 9.17) is 45.4 Å². The molecular formula is C10H7Cl3N4O. The van der Waals surface area contributed by atoms with Crippen LogP contribution in [0.25, 0.3) is 0 Å². The smallest absolute Gasteiger partial charge is 0.243 e. The summed E-state index contributed by atoms with van der Waals surface area (Å²) in [6.07, 6.45) is 1.36. The van der Waals surface area contributed by atoms with Gasteiger partial charge >= 0.3 is 0 Å². The summed E-state index contributed by atoms with van der Waals surface area (Å²) >= 11 is 17.8. The molecule has 3 N–H and O–H groups in total. The van der Waals surface area contributed by atoms with Crippen molar-refractivity contribution in [2.45, 2.75) is 0 Å². The van der Waals surface area contributed by atoms with Crippen LogP contribution in [0.2, 0.25) is 15.1 Å². The monoisotopic (exact) mass is 304 g/mol. The molecule has 0 spiro atoms. The average molecular weight is 306 g/mol. The summed E-state index contributed by atoms with van der Waals surface area (Å²) in [6.45, 7) is 0. The van der Waals surface area contributed by atoms with Gasteiger partial charge < -0.3 is 4.74 Å². The number of aromatic nitrogens is 2. The van der Waals surface area contributed by atoms with Gasteiger partial charge in [0.25, 0.3) is 0 Å². The maximum absolute atomic E-state index is 5.99. The van der Waals surface area contributed by atoms with Gasteiger partial charge in [-0.2, -0.15) is 4.98 Å². The molecule has 1 aromatic carbocycles. The lowest BCUT2D eigenvalue weighted by molar-refractivity contribution is 0.463. The van der Waals surface area contributed by atoms with Crippen molar-refractivity contribution in [1.29, 1.82) is 0 Å². The van der Waals surface area contributed by atoms with Crippen molar-refractivity contribution in [1.82, 2.24) is 9.97 Å². The topological polar surface area (TPSA) is 73.1 Å². The minimum atomic E-state index is 0.129. The van der Waals surface area contributed by atoms with Crippen molar-refractivity contribution in [2.75, 3.05) is 5.43 Å². The van der Waals surface area contributed by atoms with Gasteiger partial charge in [0.2, 0.25) is 11.8 Å². The largest absolute Gasteiger partial charge is 0.436 e. The lowest BCUT2D eigenvalue weighted by Crippen LogP contribution is -2.10. The SMILES string of the molecule is NNc1ncc(Cl)c(Oc2cccc(Cl)c2Cl)n1. The number of hydrazine groups is 1. The van der Waals surface area contributed by atoms with Gasteiger partial charge in [-0.1, -0.05) is 40.9 Å². The molecule has 5 nitrogen and oxygen atoms in total. The Morgan fingerprint density at radius 2 is 1.94 bits per heavy atom. The van der Waals surface area contributed by atoms with Gasteiger partial charge in [0.1, 0.15) is 15.8 Å². The quantitative estimate of drug-likeness (QED) is 0.670. The molecule has 0 aliphatic carbocycles. The summed E-state index contributed by atoms with van der Waals surface area (Å²) in [4.78, 5) is 7.77. The molecule has 1 aromatic heterocycles. The molecule has 94 valence electrons. The van der Waals surface area contributed by atoms with Crippen molar-refractivity contribution in [3.63, 3.8) is 0 Å². The Balaban J connectivity index is 2.36. The Bertz CT molecular complexity index is 579. The summed E-state index contributed by atoms with van der Waals surface area (Å²) in [5.41, 5.74) is 2.29. The standard InChI is InChI=1S/C10H7Cl3N4O/c11-5-2-1-3-7(8(5)13)18-9-6(12)4-15-10(16-9)17-14/h1-4H,14H2,(H,15,16,17). The Morgan fingerprint density at radius 3 is 2.67 bits per heavy atom. The fraction of sp³-hybridized carbons (Fsp3) is 0. The Morgan fingerprint density at radius 1 is 1.17 bits per heavy atom. The molecule has 18 heavy (non-hydrogen) atoms. The third-order valence-electron chi connectivity index (χ3n) is 1.96. The van der Waals surface area contributed by atoms with E-state index in [0.717, 1.165) is 0 Å². The summed E-state index contributed by atoms with van der Waals surface area (Å²) in [6, 6.07) is 4.98. The minimum Gasteiger partial charge on any atom is -0.436 e. The number of hydrogen-bond acceptors (Lipinski definition) is 5. The van der Waals surface area contributed by atoms with E-state index in [2.05, 4.69) is 15.4 Å². The van der Waals surface area contributed by atoms with Crippen LogP contribution in [-0.2, 0) is 0 Å². The molecule has 8 heteroatoms. The number of halogens is 3. The zero-order chi connectivity index (χ0) is 13.1. The third kappa shape index (κ3) is 2.76. The lowest BCUT2D eigenvalue weighted by Gasteiger charge is -2.09. The Kier molecular flexibility index (Phi) is 4.08. The number of nitrogens with one attached hydrogen (secondary N) is 1. The zero-order valence-corrected chi connectivity index (χ0v) is 11.1. The summed E-state index contributed by atoms with van der Waals surface area (Å²) in [5, 5.41) is 0.873. The first-order chi connectivity index (χ1) is 8.61. The average Bonchev–Trinajstić information content (AvgIpc) is 2.37. The van der Waals surface area contributed by atoms with Crippen molar-refractivity contribution >= 4 is 40.8 Å². The van der Waals surface area contributed by atoms with Crippen molar-refractivity contribution in [3.8, 4) is 11.6 Å². The first-order valence-electron chi connectivity index (χ1n) is 4.73. The minimum absolute atomic E-state index is 0.129. The maximum Gasteiger partial charge on any atom is 0.243 e. The number of nitrogens with zero attached hydrogens (tertiary/aromatic N) is 2. The van der Waals surface area contributed by atoms with Gasteiger partial charge in [-0.15, -0.1) is 0 Å². The van der Waals surface area contributed by atoms with Gasteiger partial charge in [-0.3, -0.25) is 5.43 Å². The van der Waals surface area contributed by atoms with Crippen LogP contribution in [0.1, 0.15) is 0 Å². The molecule has 0 atom stereocenters. The van der Waals surface area contributed by atoms with E-state index >= 15 is 0 Å². The number of rotatable bonds is 3. The second kappa shape index (κ2) is 5.58. The predicted molar refractivity (Wildman–Crippen MR) is 71.4 cm³/mol. The van der Waals surface area contributed by atoms with Crippen LogP contribution in [0.15, 0.2) is 24.4 Å². The number of nitrogens with two attached hydrogens (primary N) is 1. The number of anilines is 1. The highest BCUT2D eigenvalue weighted by Gasteiger charge is 2.11. The number of ether oxygens (including phenoxy) is 1. The van der Waals surface area contributed by atoms with Crippen molar-refractivity contribution in [3.05, 3.63) is 39.5 Å². The lowest BCUT2D eigenvalue weighted by atomic mass is 10.3. The van der Waals surface area contributed by atoms with Crippen LogP contribution >= 0.6 is 34.8 Å². The molecule has 2 aromatic rings. The molecule has 0 aliphatic rings. The van der Waals surface area contributed by atoms with Gasteiger partial charge in [-0.25, -0.2) is 10.8 Å². The molecule has 0 fully saturated rings. The normalized spacial score (nSPS) is 10.2. The fourth-order valence-electron chi connectivity index (χ4n) is 1.16. The van der Waals surface area contributed by atoms with E-state index in [-0.39, 0.29) is 21.9 Å². The molecule has 0 amide bonds. The Hall–Kier alpha value is -1.27. The highest BCUT2D eigenvalue weighted by atomic mass is 35.5. The third-order valence-corrected chi connectivity index (χ3v) is 3.02. The molecule has 2 rings (SSSR count). The first-order valence-corrected chi connectivity index (χ1v) is 5.86. The van der Waals surface area contributed by atoms with Crippen LogP contribution in [0.3, 0.4) is 0 Å². The van der Waals surface area contributed by atoms with Crippen LogP contribution in [0, 0.1) is 0 Å². The summed E-state index contributed by atoms with van der Waals surface area (Å²) in [7, 11) is 0. The molecule has 0 radical (unpaired) electrons. The fourth-order valence-corrected chi connectivity index (χ4v) is 1.62. The van der Waals surface area contributed by atoms with Crippen LogP contribution in [0.5, 0.6) is 11.6 Å². The maximum atomic E-state index is 5.99. The second-order valence-electron chi connectivity index (χ2n) is 3.15. The van der Waals surface area contributed by atoms with E-state index < -0.39 is 0 Å². The predicted octanol–water partition coefficient (Wildman–Crippen LogP) is 3.51. The van der Waals surface area contributed by atoms with E-state index in [1.807, 2.05) is 0 Å².